The van der Waals surface area contributed by atoms with Gasteiger partial charge in [-0.3, -0.25) is 4.79 Å². The number of carbonyl (C=O) groups excluding carboxylic acids is 1. The molecule has 0 saturated heterocycles. The van der Waals surface area contributed by atoms with Gasteiger partial charge in [0.25, 0.3) is 0 Å². The summed E-state index contributed by atoms with van der Waals surface area (Å²) in [6.07, 6.45) is 0.818. The Labute approximate surface area is 81.2 Å². The summed E-state index contributed by atoms with van der Waals surface area (Å²) < 4.78 is 4.93. The minimum Gasteiger partial charge on any atom is -0.378 e. The Hall–Kier alpha value is -0.940. The summed E-state index contributed by atoms with van der Waals surface area (Å²) in [6, 6.07) is 0. The molecule has 1 aromatic heterocycles. The Bertz CT molecular complexity index is 296. The van der Waals surface area contributed by atoms with Crippen LogP contribution < -0.4 is 4.90 Å². The van der Waals surface area contributed by atoms with Crippen molar-refractivity contribution in [2.75, 3.05) is 26.1 Å². The fourth-order valence-electron chi connectivity index (χ4n) is 0.874. The van der Waals surface area contributed by atoms with Gasteiger partial charge in [-0.2, -0.15) is 0 Å². The van der Waals surface area contributed by atoms with Crippen LogP contribution in [0.2, 0.25) is 0 Å². The molecule has 1 aromatic rings. The summed E-state index contributed by atoms with van der Waals surface area (Å²) in [7, 11) is 5.37. The number of hydrogen-bond acceptors (Lipinski definition) is 5. The molecule has 0 unspecified atom stereocenters. The fourth-order valence-corrected chi connectivity index (χ4v) is 1.68. The topological polar surface area (TPSA) is 42.4 Å². The monoisotopic (exact) mass is 200 g/mol. The number of nitrogens with zero attached hydrogens (tertiary/aromatic N) is 2. The highest BCUT2D eigenvalue weighted by molar-refractivity contribution is 7.17. The zero-order valence-electron chi connectivity index (χ0n) is 7.90. The first kappa shape index (κ1) is 10.1. The minimum absolute atomic E-state index is 0.387. The smallest absolute Gasteiger partial charge is 0.185 e. The van der Waals surface area contributed by atoms with Gasteiger partial charge in [0.1, 0.15) is 0 Å². The van der Waals surface area contributed by atoms with Crippen molar-refractivity contribution in [1.82, 2.24) is 4.98 Å². The Balaban J connectivity index is 2.96. The van der Waals surface area contributed by atoms with E-state index in [1.165, 1.54) is 11.3 Å². The van der Waals surface area contributed by atoms with Gasteiger partial charge >= 0.3 is 0 Å². The summed E-state index contributed by atoms with van der Waals surface area (Å²) in [5.41, 5.74) is 0.714. The van der Waals surface area contributed by atoms with Gasteiger partial charge in [-0.25, -0.2) is 4.98 Å². The molecular formula is C8H12N2O2S. The van der Waals surface area contributed by atoms with Gasteiger partial charge in [0.2, 0.25) is 0 Å². The zero-order chi connectivity index (χ0) is 9.84. The molecule has 1 heterocycles. The third-order valence-electron chi connectivity index (χ3n) is 1.49. The standard InChI is InChI=1S/C8H12N2O2S/c1-10(2)8-9-6(5-12-3)7(4-11)13-8/h4H,5H2,1-3H3. The number of hydrogen-bond donors (Lipinski definition) is 0. The lowest BCUT2D eigenvalue weighted by molar-refractivity contribution is 0.112. The van der Waals surface area contributed by atoms with Crippen molar-refractivity contribution in [1.29, 1.82) is 0 Å². The first-order chi connectivity index (χ1) is 6.19. The van der Waals surface area contributed by atoms with E-state index in [1.54, 1.807) is 7.11 Å². The van der Waals surface area contributed by atoms with Gasteiger partial charge in [0, 0.05) is 21.2 Å². The van der Waals surface area contributed by atoms with Gasteiger partial charge in [0.05, 0.1) is 17.2 Å². The van der Waals surface area contributed by atoms with Crippen LogP contribution in [0.3, 0.4) is 0 Å². The molecule has 13 heavy (non-hydrogen) atoms. The zero-order valence-corrected chi connectivity index (χ0v) is 8.72. The Kier molecular flexibility index (Phi) is 3.39. The van der Waals surface area contributed by atoms with Crippen LogP contribution in [0.25, 0.3) is 0 Å². The number of aldehydes is 1. The van der Waals surface area contributed by atoms with E-state index < -0.39 is 0 Å². The molecule has 0 N–H and O–H groups in total. The number of rotatable bonds is 4. The molecule has 0 bridgehead atoms. The van der Waals surface area contributed by atoms with Crippen LogP contribution >= 0.6 is 11.3 Å². The number of carbonyl (C=O) groups is 1. The molecular weight excluding hydrogens is 188 g/mol. The van der Waals surface area contributed by atoms with Gasteiger partial charge < -0.3 is 9.64 Å². The maximum Gasteiger partial charge on any atom is 0.185 e. The molecule has 0 amide bonds. The average Bonchev–Trinajstić information content (AvgIpc) is 2.48. The van der Waals surface area contributed by atoms with Crippen LogP contribution in [0, 0.1) is 0 Å². The quantitative estimate of drug-likeness (QED) is 0.684. The normalized spacial score (nSPS) is 10.1. The summed E-state index contributed by atoms with van der Waals surface area (Å²) in [5.74, 6) is 0. The first-order valence-corrected chi connectivity index (χ1v) is 4.61. The highest BCUT2D eigenvalue weighted by atomic mass is 32.1. The molecule has 5 heteroatoms. The number of aromatic nitrogens is 1. The molecule has 1 rings (SSSR count). The Morgan fingerprint density at radius 2 is 2.31 bits per heavy atom. The first-order valence-electron chi connectivity index (χ1n) is 3.80. The summed E-state index contributed by atoms with van der Waals surface area (Å²) in [5, 5.41) is 0.828. The van der Waals surface area contributed by atoms with Crippen LogP contribution in [0.4, 0.5) is 5.13 Å². The summed E-state index contributed by atoms with van der Waals surface area (Å²) in [6.45, 7) is 0.387. The lowest BCUT2D eigenvalue weighted by Crippen LogP contribution is -2.08. The number of anilines is 1. The Morgan fingerprint density at radius 3 is 2.77 bits per heavy atom. The van der Waals surface area contributed by atoms with Crippen molar-refractivity contribution >= 4 is 22.8 Å². The molecule has 0 aliphatic rings. The second-order valence-corrected chi connectivity index (χ2v) is 3.76. The minimum atomic E-state index is 0.387. The van der Waals surface area contributed by atoms with Crippen LogP contribution in [0.5, 0.6) is 0 Å². The number of methoxy groups -OCH3 is 1. The summed E-state index contributed by atoms with van der Waals surface area (Å²) >= 11 is 1.37. The van der Waals surface area contributed by atoms with E-state index in [1.807, 2.05) is 19.0 Å². The molecule has 0 aromatic carbocycles. The molecule has 0 saturated carbocycles. The van der Waals surface area contributed by atoms with Crippen molar-refractivity contribution < 1.29 is 9.53 Å². The lowest BCUT2D eigenvalue weighted by Gasteiger charge is -2.05. The van der Waals surface area contributed by atoms with Crippen LogP contribution in [0.15, 0.2) is 0 Å². The molecule has 0 atom stereocenters. The largest absolute Gasteiger partial charge is 0.378 e. The van der Waals surface area contributed by atoms with Crippen molar-refractivity contribution in [2.45, 2.75) is 6.61 Å². The van der Waals surface area contributed by atoms with Crippen molar-refractivity contribution in [3.8, 4) is 0 Å². The SMILES string of the molecule is COCc1nc(N(C)C)sc1C=O. The lowest BCUT2D eigenvalue weighted by atomic mass is 10.4. The highest BCUT2D eigenvalue weighted by Gasteiger charge is 2.10. The Morgan fingerprint density at radius 1 is 1.62 bits per heavy atom. The van der Waals surface area contributed by atoms with E-state index in [9.17, 15) is 4.79 Å². The van der Waals surface area contributed by atoms with Gasteiger partial charge in [0.15, 0.2) is 11.4 Å². The van der Waals surface area contributed by atoms with Crippen molar-refractivity contribution in [3.63, 3.8) is 0 Å². The van der Waals surface area contributed by atoms with Crippen LogP contribution in [-0.2, 0) is 11.3 Å². The molecule has 0 aliphatic heterocycles. The predicted molar refractivity (Wildman–Crippen MR) is 52.5 cm³/mol. The fraction of sp³-hybridized carbons (Fsp3) is 0.500. The van der Waals surface area contributed by atoms with E-state index >= 15 is 0 Å². The second kappa shape index (κ2) is 4.34. The molecule has 4 nitrogen and oxygen atoms in total. The van der Waals surface area contributed by atoms with Gasteiger partial charge in [-0.15, -0.1) is 0 Å². The summed E-state index contributed by atoms with van der Waals surface area (Å²) in [4.78, 5) is 17.4. The van der Waals surface area contributed by atoms with E-state index in [-0.39, 0.29) is 0 Å². The van der Waals surface area contributed by atoms with Crippen LogP contribution in [0.1, 0.15) is 15.4 Å². The van der Waals surface area contributed by atoms with E-state index in [0.717, 1.165) is 11.4 Å². The van der Waals surface area contributed by atoms with Gasteiger partial charge in [-0.1, -0.05) is 11.3 Å². The molecule has 0 radical (unpaired) electrons. The maximum atomic E-state index is 10.6. The third-order valence-corrected chi connectivity index (χ3v) is 2.68. The maximum absolute atomic E-state index is 10.6. The molecule has 0 aliphatic carbocycles. The number of ether oxygens (including phenoxy) is 1. The second-order valence-electron chi connectivity index (χ2n) is 2.75. The van der Waals surface area contributed by atoms with Crippen LogP contribution in [-0.4, -0.2) is 32.5 Å². The van der Waals surface area contributed by atoms with Crippen molar-refractivity contribution in [3.05, 3.63) is 10.6 Å². The molecule has 0 spiro atoms. The van der Waals surface area contributed by atoms with E-state index in [2.05, 4.69) is 4.98 Å². The number of thiazole rings is 1. The molecule has 0 fully saturated rings. The van der Waals surface area contributed by atoms with Gasteiger partial charge in [-0.05, 0) is 0 Å². The molecule has 72 valence electrons. The van der Waals surface area contributed by atoms with E-state index in [0.29, 0.717) is 17.2 Å². The van der Waals surface area contributed by atoms with Crippen molar-refractivity contribution in [2.24, 2.45) is 0 Å². The average molecular weight is 200 g/mol. The van der Waals surface area contributed by atoms with E-state index in [4.69, 9.17) is 4.74 Å². The highest BCUT2D eigenvalue weighted by Crippen LogP contribution is 2.23. The third kappa shape index (κ3) is 2.26. The predicted octanol–water partition coefficient (Wildman–Crippen LogP) is 1.17.